The molecule has 2 saturated heterocycles. The van der Waals surface area contributed by atoms with Gasteiger partial charge in [0.05, 0.1) is 6.54 Å². The summed E-state index contributed by atoms with van der Waals surface area (Å²) in [6.07, 6.45) is 4.22. The maximum atomic E-state index is 12.3. The Labute approximate surface area is 215 Å². The van der Waals surface area contributed by atoms with E-state index in [0.29, 0.717) is 25.0 Å². The van der Waals surface area contributed by atoms with E-state index in [4.69, 9.17) is 9.26 Å². The first-order valence-corrected chi connectivity index (χ1v) is 13.0. The van der Waals surface area contributed by atoms with Crippen molar-refractivity contribution in [3.63, 3.8) is 0 Å². The molecule has 6 rings (SSSR count). The summed E-state index contributed by atoms with van der Waals surface area (Å²) in [6.45, 7) is 8.42. The van der Waals surface area contributed by atoms with Gasteiger partial charge >= 0.3 is 6.01 Å². The van der Waals surface area contributed by atoms with Gasteiger partial charge in [0, 0.05) is 68.9 Å². The van der Waals surface area contributed by atoms with Crippen molar-refractivity contribution in [1.29, 1.82) is 0 Å². The molecule has 11 heteroatoms. The normalized spacial score (nSPS) is 18.6. The molecule has 3 aromatic rings. The van der Waals surface area contributed by atoms with Crippen LogP contribution in [0.4, 0.5) is 23.2 Å². The van der Waals surface area contributed by atoms with Crippen molar-refractivity contribution in [2.75, 3.05) is 54.0 Å². The number of fused-ring (bicyclic) bond motifs is 1. The van der Waals surface area contributed by atoms with Gasteiger partial charge in [0.15, 0.2) is 5.82 Å². The van der Waals surface area contributed by atoms with Gasteiger partial charge in [0.2, 0.25) is 11.8 Å². The van der Waals surface area contributed by atoms with Gasteiger partial charge in [-0.1, -0.05) is 19.0 Å². The molecular formula is C26H32N8O3. The summed E-state index contributed by atoms with van der Waals surface area (Å²) in [4.78, 5) is 31.9. The van der Waals surface area contributed by atoms with Crippen LogP contribution in [-0.4, -0.2) is 71.4 Å². The number of nitrogens with zero attached hydrogens (tertiary/aromatic N) is 7. The fourth-order valence-corrected chi connectivity index (χ4v) is 5.14. The highest BCUT2D eigenvalue weighted by atomic mass is 16.5. The molecule has 3 aliphatic rings. The summed E-state index contributed by atoms with van der Waals surface area (Å²) < 4.78 is 11.7. The molecule has 0 bridgehead atoms. The third-order valence-electron chi connectivity index (χ3n) is 7.21. The van der Waals surface area contributed by atoms with Crippen molar-refractivity contribution in [3.05, 3.63) is 42.0 Å². The average molecular weight is 505 g/mol. The molecule has 3 aliphatic heterocycles. The van der Waals surface area contributed by atoms with Crippen LogP contribution in [0.3, 0.4) is 0 Å². The second kappa shape index (κ2) is 9.97. The first-order chi connectivity index (χ1) is 18.0. The van der Waals surface area contributed by atoms with Crippen LogP contribution in [-0.2, 0) is 11.2 Å². The molecule has 37 heavy (non-hydrogen) atoms. The predicted octanol–water partition coefficient (Wildman–Crippen LogP) is 2.66. The van der Waals surface area contributed by atoms with Gasteiger partial charge in [-0.25, -0.2) is 9.97 Å². The Kier molecular flexibility index (Phi) is 6.37. The molecule has 2 fully saturated rings. The molecule has 11 nitrogen and oxygen atoms in total. The first kappa shape index (κ1) is 23.7. The fraction of sp³-hybridized carbons (Fsp3) is 0.500. The Morgan fingerprint density at radius 2 is 1.95 bits per heavy atom. The molecule has 5 heterocycles. The number of anilines is 4. The predicted molar refractivity (Wildman–Crippen MR) is 139 cm³/mol. The third kappa shape index (κ3) is 4.83. The lowest BCUT2D eigenvalue weighted by Crippen LogP contribution is -2.48. The maximum Gasteiger partial charge on any atom is 0.324 e. The number of rotatable bonds is 6. The number of piperazine rings is 1. The number of piperidine rings is 1. The summed E-state index contributed by atoms with van der Waals surface area (Å²) in [5.41, 5.74) is 3.30. The monoisotopic (exact) mass is 504 g/mol. The van der Waals surface area contributed by atoms with Gasteiger partial charge < -0.3 is 29.3 Å². The van der Waals surface area contributed by atoms with Crippen LogP contribution in [0.5, 0.6) is 5.88 Å². The Bertz CT molecular complexity index is 1270. The largest absolute Gasteiger partial charge is 0.474 e. The highest BCUT2D eigenvalue weighted by molar-refractivity contribution is 5.96. The van der Waals surface area contributed by atoms with Crippen molar-refractivity contribution < 1.29 is 14.1 Å². The minimum atomic E-state index is 0.0662. The van der Waals surface area contributed by atoms with Gasteiger partial charge in [-0.05, 0) is 30.2 Å². The van der Waals surface area contributed by atoms with E-state index in [0.717, 1.165) is 68.5 Å². The zero-order valence-electron chi connectivity index (χ0n) is 21.3. The van der Waals surface area contributed by atoms with Gasteiger partial charge in [0.1, 0.15) is 18.2 Å². The highest BCUT2D eigenvalue weighted by Crippen LogP contribution is 2.37. The maximum absolute atomic E-state index is 12.3. The van der Waals surface area contributed by atoms with Crippen LogP contribution in [0.1, 0.15) is 44.0 Å². The average Bonchev–Trinajstić information content (AvgIpc) is 3.57. The van der Waals surface area contributed by atoms with Crippen LogP contribution in [0.25, 0.3) is 0 Å². The number of carbonyl (C=O) groups is 1. The second-order valence-electron chi connectivity index (χ2n) is 10.0. The topological polar surface area (TPSA) is 113 Å². The van der Waals surface area contributed by atoms with Crippen LogP contribution in [0, 0.1) is 0 Å². The summed E-state index contributed by atoms with van der Waals surface area (Å²) in [5, 5.41) is 7.20. The number of amides is 1. The third-order valence-corrected chi connectivity index (χ3v) is 7.21. The zero-order chi connectivity index (χ0) is 25.4. The Morgan fingerprint density at radius 3 is 2.73 bits per heavy atom. The quantitative estimate of drug-likeness (QED) is 0.538. The van der Waals surface area contributed by atoms with Crippen molar-refractivity contribution in [1.82, 2.24) is 25.4 Å². The number of aromatic nitrogens is 4. The minimum absolute atomic E-state index is 0.0662. The van der Waals surface area contributed by atoms with E-state index in [2.05, 4.69) is 61.2 Å². The van der Waals surface area contributed by atoms with Crippen LogP contribution < -0.4 is 24.8 Å². The van der Waals surface area contributed by atoms with E-state index in [9.17, 15) is 4.79 Å². The number of hydrogen-bond acceptors (Lipinski definition) is 10. The molecule has 0 radical (unpaired) electrons. The molecule has 0 aliphatic carbocycles. The lowest BCUT2D eigenvalue weighted by Gasteiger charge is -2.30. The Balaban J connectivity index is 1.10. The van der Waals surface area contributed by atoms with Crippen molar-refractivity contribution in [2.45, 2.75) is 45.1 Å². The lowest BCUT2D eigenvalue weighted by molar-refractivity contribution is -0.118. The summed E-state index contributed by atoms with van der Waals surface area (Å²) in [7, 11) is 0. The molecule has 0 unspecified atom stereocenters. The minimum Gasteiger partial charge on any atom is -0.474 e. The molecule has 1 N–H and O–H groups in total. The molecule has 1 amide bonds. The van der Waals surface area contributed by atoms with E-state index >= 15 is 0 Å². The number of benzene rings is 1. The van der Waals surface area contributed by atoms with Crippen LogP contribution >= 0.6 is 0 Å². The molecule has 0 spiro atoms. The number of hydrogen-bond donors (Lipinski definition) is 1. The van der Waals surface area contributed by atoms with E-state index in [1.54, 1.807) is 6.33 Å². The smallest absolute Gasteiger partial charge is 0.324 e. The molecule has 194 valence electrons. The number of nitrogens with one attached hydrogen (secondary N) is 1. The molecule has 2 aromatic heterocycles. The summed E-state index contributed by atoms with van der Waals surface area (Å²) in [6, 6.07) is 8.76. The second-order valence-corrected chi connectivity index (χ2v) is 10.0. The van der Waals surface area contributed by atoms with E-state index in [1.165, 1.54) is 5.56 Å². The lowest BCUT2D eigenvalue weighted by atomic mass is 10.1. The highest BCUT2D eigenvalue weighted by Gasteiger charge is 2.27. The Morgan fingerprint density at radius 1 is 1.08 bits per heavy atom. The van der Waals surface area contributed by atoms with E-state index < -0.39 is 0 Å². The van der Waals surface area contributed by atoms with Crippen LogP contribution in [0.15, 0.2) is 35.1 Å². The zero-order valence-corrected chi connectivity index (χ0v) is 21.3. The first-order valence-electron chi connectivity index (χ1n) is 13.0. The van der Waals surface area contributed by atoms with Gasteiger partial charge in [-0.2, -0.15) is 4.98 Å². The van der Waals surface area contributed by atoms with Gasteiger partial charge in [-0.3, -0.25) is 4.79 Å². The van der Waals surface area contributed by atoms with Crippen LogP contribution in [0.2, 0.25) is 0 Å². The standard InChI is InChI=1S/C26H32N8O3/c1-17(2)25-30-26(37-31-25)32-9-6-20(7-10-32)36-23-14-22(28-16-29-23)34-11-5-18-13-19(3-4-21(18)34)33-12-8-27-15-24(33)35/h3-4,13-14,16-17,20,27H,5-12,15H2,1-2H3. The number of ether oxygens (including phenoxy) is 1. The van der Waals surface area contributed by atoms with E-state index in [1.807, 2.05) is 17.0 Å². The Hall–Kier alpha value is -3.73. The molecule has 1 aromatic carbocycles. The van der Waals surface area contributed by atoms with Gasteiger partial charge in [-0.15, -0.1) is 0 Å². The molecule has 0 saturated carbocycles. The van der Waals surface area contributed by atoms with Gasteiger partial charge in [0.25, 0.3) is 0 Å². The molecule has 0 atom stereocenters. The fourth-order valence-electron chi connectivity index (χ4n) is 5.14. The summed E-state index contributed by atoms with van der Waals surface area (Å²) >= 11 is 0. The summed E-state index contributed by atoms with van der Waals surface area (Å²) in [5.74, 6) is 2.49. The molecular weight excluding hydrogens is 472 g/mol. The van der Waals surface area contributed by atoms with Crippen molar-refractivity contribution in [2.24, 2.45) is 0 Å². The number of carbonyl (C=O) groups excluding carboxylic acids is 1. The van der Waals surface area contributed by atoms with E-state index in [-0.39, 0.29) is 17.9 Å². The SMILES string of the molecule is CC(C)c1noc(N2CCC(Oc3cc(N4CCc5cc(N6CCNCC6=O)ccc54)ncn3)CC2)n1. The van der Waals surface area contributed by atoms with Crippen molar-refractivity contribution >= 4 is 29.1 Å². The van der Waals surface area contributed by atoms with Crippen molar-refractivity contribution in [3.8, 4) is 5.88 Å².